The van der Waals surface area contributed by atoms with Crippen LogP contribution in [0, 0.1) is 0 Å². The Morgan fingerprint density at radius 3 is 2.70 bits per heavy atom. The van der Waals surface area contributed by atoms with E-state index in [-0.39, 0.29) is 12.8 Å². The second-order valence-corrected chi connectivity index (χ2v) is 4.07. The van der Waals surface area contributed by atoms with Crippen molar-refractivity contribution in [3.8, 4) is 0 Å². The summed E-state index contributed by atoms with van der Waals surface area (Å²) in [4.78, 5) is 33.0. The van der Waals surface area contributed by atoms with Crippen LogP contribution in [-0.2, 0) is 16.1 Å². The smallest absolute Gasteiger partial charge is 0.326 e. The molecule has 0 fully saturated rings. The summed E-state index contributed by atoms with van der Waals surface area (Å²) in [5, 5.41) is 17.6. The summed E-state index contributed by atoms with van der Waals surface area (Å²) in [6.45, 7) is 0.773. The molecular formula is C11H17N5O4. The lowest BCUT2D eigenvalue weighted by Gasteiger charge is -2.14. The van der Waals surface area contributed by atoms with Crippen LogP contribution in [0.1, 0.15) is 12.8 Å². The third-order valence-corrected chi connectivity index (χ3v) is 2.47. The zero-order chi connectivity index (χ0) is 15.0. The number of nitrogens with two attached hydrogens (primary N) is 1. The molecule has 110 valence electrons. The van der Waals surface area contributed by atoms with Gasteiger partial charge in [0.05, 0.1) is 6.54 Å². The number of aliphatic carboxylic acids is 1. The molecule has 0 aromatic carbocycles. The van der Waals surface area contributed by atoms with Crippen LogP contribution in [-0.4, -0.2) is 45.4 Å². The van der Waals surface area contributed by atoms with Gasteiger partial charge in [-0.15, -0.1) is 0 Å². The quantitative estimate of drug-likeness (QED) is 0.479. The molecule has 0 aliphatic carbocycles. The van der Waals surface area contributed by atoms with E-state index in [9.17, 15) is 14.4 Å². The molecule has 1 rings (SSSR count). The number of carbonyl (C=O) groups is 3. The van der Waals surface area contributed by atoms with Gasteiger partial charge in [0.15, 0.2) is 0 Å². The first-order valence-electron chi connectivity index (χ1n) is 6.02. The molecule has 3 amide bonds. The van der Waals surface area contributed by atoms with Crippen molar-refractivity contribution in [3.63, 3.8) is 0 Å². The Morgan fingerprint density at radius 2 is 2.15 bits per heavy atom. The van der Waals surface area contributed by atoms with Gasteiger partial charge >= 0.3 is 12.0 Å². The fourth-order valence-electron chi connectivity index (χ4n) is 1.47. The number of rotatable bonds is 8. The Hall–Kier alpha value is -2.58. The molecule has 9 nitrogen and oxygen atoms in total. The average Bonchev–Trinajstić information content (AvgIpc) is 2.87. The summed E-state index contributed by atoms with van der Waals surface area (Å²) >= 11 is 0. The molecular weight excluding hydrogens is 266 g/mol. The molecule has 9 heteroatoms. The molecule has 1 aromatic rings. The number of hydrogen-bond donors (Lipinski definition) is 4. The predicted molar refractivity (Wildman–Crippen MR) is 68.6 cm³/mol. The maximum absolute atomic E-state index is 11.5. The van der Waals surface area contributed by atoms with Crippen molar-refractivity contribution in [2.24, 2.45) is 5.73 Å². The van der Waals surface area contributed by atoms with E-state index in [4.69, 9.17) is 10.8 Å². The van der Waals surface area contributed by atoms with E-state index in [1.165, 1.54) is 0 Å². The summed E-state index contributed by atoms with van der Waals surface area (Å²) in [5.74, 6) is -1.83. The molecule has 1 atom stereocenters. The fourth-order valence-corrected chi connectivity index (χ4v) is 1.47. The second kappa shape index (κ2) is 7.77. The molecule has 0 saturated carbocycles. The highest BCUT2D eigenvalue weighted by Gasteiger charge is 2.20. The van der Waals surface area contributed by atoms with Gasteiger partial charge in [-0.1, -0.05) is 0 Å². The highest BCUT2D eigenvalue weighted by molar-refractivity contribution is 5.83. The molecule has 0 spiro atoms. The van der Waals surface area contributed by atoms with Gasteiger partial charge in [-0.2, -0.15) is 5.10 Å². The summed E-state index contributed by atoms with van der Waals surface area (Å²) in [5.41, 5.74) is 4.94. The van der Waals surface area contributed by atoms with Gasteiger partial charge in [-0.3, -0.25) is 9.48 Å². The van der Waals surface area contributed by atoms with Gasteiger partial charge in [-0.25, -0.2) is 9.59 Å². The number of amides is 3. The first-order valence-corrected chi connectivity index (χ1v) is 6.02. The highest BCUT2D eigenvalue weighted by Crippen LogP contribution is 1.97. The van der Waals surface area contributed by atoms with Crippen molar-refractivity contribution in [3.05, 3.63) is 18.5 Å². The summed E-state index contributed by atoms with van der Waals surface area (Å²) in [6.07, 6.45) is 3.21. The Bertz CT molecular complexity index is 459. The Kier molecular flexibility index (Phi) is 6.01. The largest absolute Gasteiger partial charge is 0.480 e. The predicted octanol–water partition coefficient (Wildman–Crippen LogP) is -1.10. The molecule has 0 bridgehead atoms. The van der Waals surface area contributed by atoms with Gasteiger partial charge < -0.3 is 21.5 Å². The van der Waals surface area contributed by atoms with E-state index in [0.29, 0.717) is 13.1 Å². The maximum Gasteiger partial charge on any atom is 0.326 e. The van der Waals surface area contributed by atoms with E-state index in [0.717, 1.165) is 0 Å². The van der Waals surface area contributed by atoms with Gasteiger partial charge in [0.2, 0.25) is 5.91 Å². The standard InChI is InChI=1S/C11H17N5O4/c12-9(17)3-2-8(10(18)19)15-11(20)13-5-7-16-6-1-4-14-16/h1,4,6,8H,2-3,5,7H2,(H2,12,17)(H,18,19)(H2,13,15,20)/t8-/m1/s1. The zero-order valence-electron chi connectivity index (χ0n) is 10.8. The third kappa shape index (κ3) is 5.85. The van der Waals surface area contributed by atoms with Crippen LogP contribution in [0.4, 0.5) is 4.79 Å². The van der Waals surface area contributed by atoms with E-state index < -0.39 is 23.9 Å². The van der Waals surface area contributed by atoms with E-state index in [1.54, 1.807) is 23.1 Å². The molecule has 0 radical (unpaired) electrons. The number of urea groups is 1. The molecule has 5 N–H and O–H groups in total. The van der Waals surface area contributed by atoms with Crippen molar-refractivity contribution in [2.45, 2.75) is 25.4 Å². The van der Waals surface area contributed by atoms with Gasteiger partial charge in [0, 0.05) is 25.4 Å². The van der Waals surface area contributed by atoms with Gasteiger partial charge in [0.25, 0.3) is 0 Å². The van der Waals surface area contributed by atoms with E-state index >= 15 is 0 Å². The number of nitrogens with one attached hydrogen (secondary N) is 2. The normalized spacial score (nSPS) is 11.6. The van der Waals surface area contributed by atoms with Crippen LogP contribution in [0.25, 0.3) is 0 Å². The lowest BCUT2D eigenvalue weighted by atomic mass is 10.1. The lowest BCUT2D eigenvalue weighted by Crippen LogP contribution is -2.47. The van der Waals surface area contributed by atoms with E-state index in [1.807, 2.05) is 0 Å². The van der Waals surface area contributed by atoms with Crippen molar-refractivity contribution < 1.29 is 19.5 Å². The van der Waals surface area contributed by atoms with Crippen LogP contribution in [0.3, 0.4) is 0 Å². The van der Waals surface area contributed by atoms with Crippen LogP contribution in [0.15, 0.2) is 18.5 Å². The number of carboxylic acid groups (broad SMARTS) is 1. The molecule has 0 saturated heterocycles. The first-order chi connectivity index (χ1) is 9.49. The van der Waals surface area contributed by atoms with E-state index in [2.05, 4.69) is 15.7 Å². The second-order valence-electron chi connectivity index (χ2n) is 4.07. The van der Waals surface area contributed by atoms with Crippen LogP contribution >= 0.6 is 0 Å². The van der Waals surface area contributed by atoms with Gasteiger partial charge in [-0.05, 0) is 12.5 Å². The van der Waals surface area contributed by atoms with Crippen LogP contribution < -0.4 is 16.4 Å². The van der Waals surface area contributed by atoms with Crippen molar-refractivity contribution >= 4 is 17.9 Å². The molecule has 1 heterocycles. The maximum atomic E-state index is 11.5. The number of nitrogens with zero attached hydrogens (tertiary/aromatic N) is 2. The minimum absolute atomic E-state index is 0.0444. The number of hydrogen-bond acceptors (Lipinski definition) is 4. The number of aromatic nitrogens is 2. The zero-order valence-corrected chi connectivity index (χ0v) is 10.8. The molecule has 0 aliphatic rings. The summed E-state index contributed by atoms with van der Waals surface area (Å²) in [7, 11) is 0. The number of carbonyl (C=O) groups excluding carboxylic acids is 2. The highest BCUT2D eigenvalue weighted by atomic mass is 16.4. The Labute approximate surface area is 115 Å². The Balaban J connectivity index is 2.30. The summed E-state index contributed by atoms with van der Waals surface area (Å²) < 4.78 is 1.63. The van der Waals surface area contributed by atoms with Crippen LogP contribution in [0.2, 0.25) is 0 Å². The average molecular weight is 283 g/mol. The molecule has 20 heavy (non-hydrogen) atoms. The molecule has 1 aromatic heterocycles. The van der Waals surface area contributed by atoms with Crippen molar-refractivity contribution in [1.82, 2.24) is 20.4 Å². The Morgan fingerprint density at radius 1 is 1.40 bits per heavy atom. The lowest BCUT2D eigenvalue weighted by molar-refractivity contribution is -0.139. The van der Waals surface area contributed by atoms with Crippen molar-refractivity contribution in [2.75, 3.05) is 6.54 Å². The van der Waals surface area contributed by atoms with Crippen LogP contribution in [0.5, 0.6) is 0 Å². The third-order valence-electron chi connectivity index (χ3n) is 2.47. The van der Waals surface area contributed by atoms with Crippen molar-refractivity contribution in [1.29, 1.82) is 0 Å². The first kappa shape index (κ1) is 15.5. The minimum Gasteiger partial charge on any atom is -0.480 e. The molecule has 0 aliphatic heterocycles. The summed E-state index contributed by atoms with van der Waals surface area (Å²) in [6, 6.07) is -0.00842. The van der Waals surface area contributed by atoms with Gasteiger partial charge in [0.1, 0.15) is 6.04 Å². The fraction of sp³-hybridized carbons (Fsp3) is 0.455. The number of carboxylic acids is 1. The molecule has 0 unspecified atom stereocenters. The monoisotopic (exact) mass is 283 g/mol. The minimum atomic E-state index is -1.21. The topological polar surface area (TPSA) is 139 Å². The number of primary amides is 1. The SMILES string of the molecule is NC(=O)CC[C@@H](NC(=O)NCCn1cccn1)C(=O)O.